The van der Waals surface area contributed by atoms with E-state index in [0.29, 0.717) is 12.1 Å². The number of carbonyl (C=O) groups excluding carboxylic acids is 1. The van der Waals surface area contributed by atoms with Gasteiger partial charge in [-0.1, -0.05) is 55.5 Å². The van der Waals surface area contributed by atoms with Crippen LogP contribution in [0, 0.1) is 5.92 Å². The highest BCUT2D eigenvalue weighted by molar-refractivity contribution is 7.22. The van der Waals surface area contributed by atoms with E-state index in [0.717, 1.165) is 34.4 Å². The van der Waals surface area contributed by atoms with Gasteiger partial charge in [-0.05, 0) is 48.4 Å². The molecule has 1 N–H and O–H groups in total. The summed E-state index contributed by atoms with van der Waals surface area (Å²) in [6.07, 6.45) is 2.45. The van der Waals surface area contributed by atoms with E-state index in [1.54, 1.807) is 11.3 Å². The van der Waals surface area contributed by atoms with Crippen molar-refractivity contribution in [3.8, 4) is 0 Å². The van der Waals surface area contributed by atoms with E-state index in [1.165, 1.54) is 18.4 Å². The third kappa shape index (κ3) is 4.20. The summed E-state index contributed by atoms with van der Waals surface area (Å²) in [7, 11) is 0. The van der Waals surface area contributed by atoms with Crippen LogP contribution in [0.3, 0.4) is 0 Å². The predicted octanol–water partition coefficient (Wildman–Crippen LogP) is 5.07. The molecule has 2 heterocycles. The molecule has 1 saturated heterocycles. The Hall–Kier alpha value is -2.40. The summed E-state index contributed by atoms with van der Waals surface area (Å²) >= 11 is 1.69. The van der Waals surface area contributed by atoms with Crippen LogP contribution < -0.4 is 10.2 Å². The third-order valence-corrected chi connectivity index (χ3v) is 6.71. The molecule has 3 aromatic rings. The predicted molar refractivity (Wildman–Crippen MR) is 117 cm³/mol. The van der Waals surface area contributed by atoms with Crippen LogP contribution in [0.2, 0.25) is 0 Å². The van der Waals surface area contributed by atoms with E-state index in [9.17, 15) is 4.79 Å². The molecule has 0 saturated carbocycles. The minimum absolute atomic E-state index is 0.0218. The van der Waals surface area contributed by atoms with Crippen LogP contribution in [0.5, 0.6) is 0 Å². The normalized spacial score (nSPS) is 16.3. The number of nitrogens with one attached hydrogen (secondary N) is 1. The number of hydrogen-bond acceptors (Lipinski definition) is 4. The summed E-state index contributed by atoms with van der Waals surface area (Å²) in [6, 6.07) is 16.1. The SMILES string of the molecule is CC1CCN(c2nc3ccc(C(=O)NCC(C)c4ccccc4)cc3s2)CC1. The maximum Gasteiger partial charge on any atom is 0.251 e. The van der Waals surface area contributed by atoms with Crippen LogP contribution in [0.4, 0.5) is 5.13 Å². The molecular weight excluding hydrogens is 366 g/mol. The number of carbonyl (C=O) groups is 1. The minimum Gasteiger partial charge on any atom is -0.351 e. The molecule has 4 nitrogen and oxygen atoms in total. The van der Waals surface area contributed by atoms with Crippen molar-refractivity contribution in [2.75, 3.05) is 24.5 Å². The topological polar surface area (TPSA) is 45.2 Å². The van der Waals surface area contributed by atoms with Crippen molar-refractivity contribution in [1.82, 2.24) is 10.3 Å². The molecule has 0 aliphatic carbocycles. The monoisotopic (exact) mass is 393 g/mol. The highest BCUT2D eigenvalue weighted by Gasteiger charge is 2.19. The van der Waals surface area contributed by atoms with Crippen molar-refractivity contribution in [2.24, 2.45) is 5.92 Å². The number of thiazole rings is 1. The van der Waals surface area contributed by atoms with Crippen molar-refractivity contribution in [2.45, 2.75) is 32.6 Å². The van der Waals surface area contributed by atoms with Gasteiger partial charge in [0.2, 0.25) is 0 Å². The third-order valence-electron chi connectivity index (χ3n) is 5.63. The Morgan fingerprint density at radius 1 is 1.21 bits per heavy atom. The Kier molecular flexibility index (Phi) is 5.62. The Bertz CT molecular complexity index is 945. The highest BCUT2D eigenvalue weighted by atomic mass is 32.1. The fourth-order valence-electron chi connectivity index (χ4n) is 3.64. The maximum absolute atomic E-state index is 12.6. The summed E-state index contributed by atoms with van der Waals surface area (Å²) in [5.41, 5.74) is 2.92. The van der Waals surface area contributed by atoms with Gasteiger partial charge < -0.3 is 10.2 Å². The number of anilines is 1. The molecule has 2 aromatic carbocycles. The second kappa shape index (κ2) is 8.31. The lowest BCUT2D eigenvalue weighted by Crippen LogP contribution is -2.32. The van der Waals surface area contributed by atoms with Gasteiger partial charge in [-0.3, -0.25) is 4.79 Å². The van der Waals surface area contributed by atoms with Gasteiger partial charge in [0.1, 0.15) is 0 Å². The van der Waals surface area contributed by atoms with Crippen LogP contribution in [-0.4, -0.2) is 30.5 Å². The second-order valence-corrected chi connectivity index (χ2v) is 8.88. The lowest BCUT2D eigenvalue weighted by Gasteiger charge is -2.29. The summed E-state index contributed by atoms with van der Waals surface area (Å²) in [5, 5.41) is 4.15. The molecule has 1 fully saturated rings. The van der Waals surface area contributed by atoms with Crippen LogP contribution in [0.1, 0.15) is 48.5 Å². The molecule has 0 bridgehead atoms. The molecule has 1 aliphatic rings. The van der Waals surface area contributed by atoms with Gasteiger partial charge in [0, 0.05) is 25.2 Å². The summed E-state index contributed by atoms with van der Waals surface area (Å²) < 4.78 is 1.08. The average Bonchev–Trinajstić information content (AvgIpc) is 3.16. The summed E-state index contributed by atoms with van der Waals surface area (Å²) in [5.74, 6) is 1.07. The van der Waals surface area contributed by atoms with E-state index in [-0.39, 0.29) is 11.8 Å². The molecule has 4 rings (SSSR count). The zero-order valence-electron chi connectivity index (χ0n) is 16.5. The van der Waals surface area contributed by atoms with Gasteiger partial charge in [-0.15, -0.1) is 0 Å². The van der Waals surface area contributed by atoms with Crippen molar-refractivity contribution in [3.63, 3.8) is 0 Å². The Morgan fingerprint density at radius 3 is 2.71 bits per heavy atom. The van der Waals surface area contributed by atoms with Gasteiger partial charge in [-0.25, -0.2) is 4.98 Å². The molecular formula is C23H27N3OS. The molecule has 0 radical (unpaired) electrons. The maximum atomic E-state index is 12.6. The molecule has 5 heteroatoms. The van der Waals surface area contributed by atoms with Gasteiger partial charge in [0.15, 0.2) is 5.13 Å². The Morgan fingerprint density at radius 2 is 1.96 bits per heavy atom. The first-order valence-corrected chi connectivity index (χ1v) is 10.9. The number of fused-ring (bicyclic) bond motifs is 1. The first-order valence-electron chi connectivity index (χ1n) is 10.1. The zero-order valence-corrected chi connectivity index (χ0v) is 17.3. The molecule has 1 aromatic heterocycles. The number of hydrogen-bond donors (Lipinski definition) is 1. The fraction of sp³-hybridized carbons (Fsp3) is 0.391. The number of aromatic nitrogens is 1. The standard InChI is InChI=1S/C23H27N3OS/c1-16-10-12-26(13-11-16)23-25-20-9-8-19(14-21(20)28-23)22(27)24-15-17(2)18-6-4-3-5-7-18/h3-9,14,16-17H,10-13,15H2,1-2H3,(H,24,27). The lowest BCUT2D eigenvalue weighted by molar-refractivity contribution is 0.0952. The van der Waals surface area contributed by atoms with Crippen LogP contribution in [-0.2, 0) is 0 Å². The average molecular weight is 394 g/mol. The van der Waals surface area contributed by atoms with E-state index < -0.39 is 0 Å². The van der Waals surface area contributed by atoms with Crippen molar-refractivity contribution < 1.29 is 4.79 Å². The molecule has 1 amide bonds. The van der Waals surface area contributed by atoms with Crippen LogP contribution >= 0.6 is 11.3 Å². The molecule has 0 spiro atoms. The van der Waals surface area contributed by atoms with Crippen molar-refractivity contribution >= 4 is 32.6 Å². The molecule has 146 valence electrons. The van der Waals surface area contributed by atoms with Gasteiger partial charge in [0.25, 0.3) is 5.91 Å². The summed E-state index contributed by atoms with van der Waals surface area (Å²) in [4.78, 5) is 19.8. The number of piperidine rings is 1. The molecule has 28 heavy (non-hydrogen) atoms. The van der Waals surface area contributed by atoms with Gasteiger partial charge in [0.05, 0.1) is 10.2 Å². The Labute approximate surface area is 170 Å². The van der Waals surface area contributed by atoms with Crippen LogP contribution in [0.25, 0.3) is 10.2 Å². The first kappa shape index (κ1) is 18.9. The number of amides is 1. The second-order valence-electron chi connectivity index (χ2n) is 7.87. The number of rotatable bonds is 5. The zero-order chi connectivity index (χ0) is 19.5. The van der Waals surface area contributed by atoms with Gasteiger partial charge >= 0.3 is 0 Å². The first-order chi connectivity index (χ1) is 13.6. The summed E-state index contributed by atoms with van der Waals surface area (Å²) in [6.45, 7) is 7.23. The number of nitrogens with zero attached hydrogens (tertiary/aromatic N) is 2. The molecule has 1 unspecified atom stereocenters. The Balaban J connectivity index is 1.43. The smallest absolute Gasteiger partial charge is 0.251 e. The number of benzene rings is 2. The van der Waals surface area contributed by atoms with E-state index >= 15 is 0 Å². The van der Waals surface area contributed by atoms with E-state index in [1.807, 2.05) is 36.4 Å². The van der Waals surface area contributed by atoms with E-state index in [4.69, 9.17) is 4.98 Å². The van der Waals surface area contributed by atoms with E-state index in [2.05, 4.69) is 36.2 Å². The van der Waals surface area contributed by atoms with Crippen LogP contribution in [0.15, 0.2) is 48.5 Å². The molecule has 1 aliphatic heterocycles. The van der Waals surface area contributed by atoms with Crippen molar-refractivity contribution in [1.29, 1.82) is 0 Å². The van der Waals surface area contributed by atoms with Gasteiger partial charge in [-0.2, -0.15) is 0 Å². The molecule has 1 atom stereocenters. The highest BCUT2D eigenvalue weighted by Crippen LogP contribution is 2.32. The quantitative estimate of drug-likeness (QED) is 0.658. The largest absolute Gasteiger partial charge is 0.351 e. The minimum atomic E-state index is -0.0218. The lowest BCUT2D eigenvalue weighted by atomic mass is 10.00. The van der Waals surface area contributed by atoms with Crippen molar-refractivity contribution in [3.05, 3.63) is 59.7 Å². The fourth-order valence-corrected chi connectivity index (χ4v) is 4.69.